The smallest absolute Gasteiger partial charge is 0.249 e. The van der Waals surface area contributed by atoms with Gasteiger partial charge in [-0.05, 0) is 12.8 Å². The molecular weight excluding hydrogens is 296 g/mol. The number of carbonyl (C=O) groups excluding carboxylic acids is 1. The largest absolute Gasteiger partial charge is 0.371 e. The molecule has 0 aromatic rings. The van der Waals surface area contributed by atoms with Crippen LogP contribution in [0.5, 0.6) is 0 Å². The van der Waals surface area contributed by atoms with E-state index < -0.39 is 24.5 Å². The van der Waals surface area contributed by atoms with Crippen LogP contribution in [0.3, 0.4) is 0 Å². The Balaban J connectivity index is 2.06. The Labute approximate surface area is 128 Å². The van der Waals surface area contributed by atoms with Crippen molar-refractivity contribution < 1.29 is 9.90 Å². The van der Waals surface area contributed by atoms with E-state index in [2.05, 4.69) is 20.9 Å². The van der Waals surface area contributed by atoms with Crippen LogP contribution in [0.15, 0.2) is 11.0 Å². The highest BCUT2D eigenvalue weighted by Gasteiger charge is 2.34. The topological polar surface area (TPSA) is 129 Å². The summed E-state index contributed by atoms with van der Waals surface area (Å²) in [4.78, 5) is 14.0. The molecule has 2 unspecified atom stereocenters. The van der Waals surface area contributed by atoms with E-state index >= 15 is 0 Å². The van der Waals surface area contributed by atoms with Gasteiger partial charge in [0.15, 0.2) is 12.3 Å². The summed E-state index contributed by atoms with van der Waals surface area (Å²) >= 11 is 6.22. The molecule has 2 heterocycles. The van der Waals surface area contributed by atoms with Crippen LogP contribution < -0.4 is 27.4 Å². The van der Waals surface area contributed by atoms with E-state index in [9.17, 15) is 9.90 Å². The third-order valence-electron chi connectivity index (χ3n) is 3.60. The Morgan fingerprint density at radius 3 is 2.48 bits per heavy atom. The summed E-state index contributed by atoms with van der Waals surface area (Å²) < 4.78 is 0. The van der Waals surface area contributed by atoms with Crippen LogP contribution in [0.25, 0.3) is 0 Å². The SMILES string of the molecule is NC(N)NC(=O)C1NC(Cl)=C(N2CCCCCC2)NC1O. The van der Waals surface area contributed by atoms with E-state index in [1.807, 2.05) is 0 Å². The molecular formula is C12H23ClN6O2. The number of nitrogens with zero attached hydrogens (tertiary/aromatic N) is 1. The molecule has 120 valence electrons. The van der Waals surface area contributed by atoms with Crippen molar-refractivity contribution in [2.45, 2.75) is 44.2 Å². The lowest BCUT2D eigenvalue weighted by Crippen LogP contribution is -2.63. The fourth-order valence-electron chi connectivity index (χ4n) is 2.56. The number of nitrogens with two attached hydrogens (primary N) is 2. The van der Waals surface area contributed by atoms with Crippen LogP contribution in [0.1, 0.15) is 25.7 Å². The molecule has 0 radical (unpaired) electrons. The summed E-state index contributed by atoms with van der Waals surface area (Å²) in [6, 6.07) is -0.942. The van der Waals surface area contributed by atoms with E-state index in [0.29, 0.717) is 11.0 Å². The van der Waals surface area contributed by atoms with Gasteiger partial charge in [-0.3, -0.25) is 16.3 Å². The number of aliphatic hydroxyl groups excluding tert-OH is 1. The molecule has 0 bridgehead atoms. The van der Waals surface area contributed by atoms with Gasteiger partial charge in [0, 0.05) is 13.1 Å². The lowest BCUT2D eigenvalue weighted by Gasteiger charge is -2.37. The molecule has 21 heavy (non-hydrogen) atoms. The molecule has 2 aliphatic rings. The first-order chi connectivity index (χ1) is 9.99. The van der Waals surface area contributed by atoms with Crippen molar-refractivity contribution in [3.05, 3.63) is 11.0 Å². The van der Waals surface area contributed by atoms with Crippen molar-refractivity contribution in [1.29, 1.82) is 0 Å². The molecule has 0 saturated carbocycles. The molecule has 2 rings (SSSR count). The van der Waals surface area contributed by atoms with Crippen LogP contribution in [0.4, 0.5) is 0 Å². The first-order valence-electron chi connectivity index (χ1n) is 7.16. The first-order valence-corrected chi connectivity index (χ1v) is 7.54. The van der Waals surface area contributed by atoms with Gasteiger partial charge in [-0.15, -0.1) is 0 Å². The van der Waals surface area contributed by atoms with E-state index in [4.69, 9.17) is 23.1 Å². The molecule has 0 aliphatic carbocycles. The Bertz CT molecular complexity index is 409. The van der Waals surface area contributed by atoms with Crippen molar-refractivity contribution in [2.75, 3.05) is 13.1 Å². The van der Waals surface area contributed by atoms with Gasteiger partial charge in [0.1, 0.15) is 17.3 Å². The molecule has 2 aliphatic heterocycles. The maximum Gasteiger partial charge on any atom is 0.249 e. The molecule has 0 spiro atoms. The zero-order valence-electron chi connectivity index (χ0n) is 11.8. The zero-order valence-corrected chi connectivity index (χ0v) is 12.6. The molecule has 9 heteroatoms. The minimum atomic E-state index is -1.11. The van der Waals surface area contributed by atoms with Crippen LogP contribution in [-0.2, 0) is 4.79 Å². The predicted molar refractivity (Wildman–Crippen MR) is 79.3 cm³/mol. The van der Waals surface area contributed by atoms with Crippen molar-refractivity contribution in [3.8, 4) is 0 Å². The predicted octanol–water partition coefficient (Wildman–Crippen LogP) is -1.58. The van der Waals surface area contributed by atoms with Gasteiger partial charge >= 0.3 is 0 Å². The molecule has 0 aromatic carbocycles. The fraction of sp³-hybridized carbons (Fsp3) is 0.750. The minimum absolute atomic E-state index is 0.313. The molecule has 1 amide bonds. The highest BCUT2D eigenvalue weighted by Crippen LogP contribution is 2.20. The van der Waals surface area contributed by atoms with Crippen molar-refractivity contribution in [3.63, 3.8) is 0 Å². The third-order valence-corrected chi connectivity index (χ3v) is 3.89. The number of carbonyl (C=O) groups is 1. The summed E-state index contributed by atoms with van der Waals surface area (Å²) in [5.41, 5.74) is 10.6. The minimum Gasteiger partial charge on any atom is -0.371 e. The normalized spacial score (nSPS) is 27.0. The maximum absolute atomic E-state index is 11.9. The Hall–Kier alpha value is -1.22. The van der Waals surface area contributed by atoms with Crippen LogP contribution in [-0.4, -0.2) is 47.6 Å². The number of hydrogen-bond donors (Lipinski definition) is 6. The van der Waals surface area contributed by atoms with Gasteiger partial charge in [-0.1, -0.05) is 24.4 Å². The monoisotopic (exact) mass is 318 g/mol. The van der Waals surface area contributed by atoms with Crippen molar-refractivity contribution in [1.82, 2.24) is 20.9 Å². The van der Waals surface area contributed by atoms with E-state index in [1.54, 1.807) is 0 Å². The number of halogens is 1. The summed E-state index contributed by atoms with van der Waals surface area (Å²) in [5.74, 6) is 0.116. The number of likely N-dealkylation sites (tertiary alicyclic amines) is 1. The molecule has 8 nitrogen and oxygen atoms in total. The van der Waals surface area contributed by atoms with Gasteiger partial charge in [0.2, 0.25) is 5.91 Å². The molecule has 0 aromatic heterocycles. The van der Waals surface area contributed by atoms with Gasteiger partial charge < -0.3 is 26.0 Å². The lowest BCUT2D eigenvalue weighted by molar-refractivity contribution is -0.127. The number of rotatable bonds is 3. The highest BCUT2D eigenvalue weighted by atomic mass is 35.5. The first kappa shape index (κ1) is 16.2. The molecule has 1 saturated heterocycles. The number of nitrogens with one attached hydrogen (secondary N) is 3. The van der Waals surface area contributed by atoms with E-state index in [1.165, 1.54) is 12.8 Å². The third kappa shape index (κ3) is 4.13. The number of hydrogen-bond acceptors (Lipinski definition) is 7. The lowest BCUT2D eigenvalue weighted by atomic mass is 10.2. The van der Waals surface area contributed by atoms with Crippen LogP contribution >= 0.6 is 11.6 Å². The van der Waals surface area contributed by atoms with Gasteiger partial charge in [0.05, 0.1) is 0 Å². The second-order valence-electron chi connectivity index (χ2n) is 5.31. The Kier molecular flexibility index (Phi) is 5.51. The fourth-order valence-corrected chi connectivity index (χ4v) is 2.85. The maximum atomic E-state index is 11.9. The van der Waals surface area contributed by atoms with Crippen LogP contribution in [0.2, 0.25) is 0 Å². The second-order valence-corrected chi connectivity index (χ2v) is 5.69. The van der Waals surface area contributed by atoms with Crippen molar-refractivity contribution in [2.24, 2.45) is 11.5 Å². The van der Waals surface area contributed by atoms with Crippen LogP contribution in [0, 0.1) is 0 Å². The number of aliphatic hydroxyl groups is 1. The highest BCUT2D eigenvalue weighted by molar-refractivity contribution is 6.29. The molecule has 2 atom stereocenters. The molecule has 8 N–H and O–H groups in total. The summed E-state index contributed by atoms with van der Waals surface area (Å²) in [6.45, 7) is 1.75. The number of amides is 1. The van der Waals surface area contributed by atoms with Gasteiger partial charge in [-0.2, -0.15) is 0 Å². The average molecular weight is 319 g/mol. The van der Waals surface area contributed by atoms with Gasteiger partial charge in [0.25, 0.3) is 0 Å². The standard InChI is InChI=1S/C12H23ClN6O2/c13-8-9(19-5-3-1-2-4-6-19)17-10(20)7(16-8)11(21)18-12(14)15/h7,10,12,16-17,20H,1-6,14-15H2,(H,18,21). The molecule has 1 fully saturated rings. The van der Waals surface area contributed by atoms with Crippen molar-refractivity contribution >= 4 is 17.5 Å². The summed E-state index contributed by atoms with van der Waals surface area (Å²) in [6.07, 6.45) is 2.45. The average Bonchev–Trinajstić information content (AvgIpc) is 2.69. The Morgan fingerprint density at radius 1 is 1.29 bits per heavy atom. The van der Waals surface area contributed by atoms with E-state index in [-0.39, 0.29) is 0 Å². The quantitative estimate of drug-likeness (QED) is 0.274. The van der Waals surface area contributed by atoms with Gasteiger partial charge in [-0.25, -0.2) is 0 Å². The second kappa shape index (κ2) is 7.17. The van der Waals surface area contributed by atoms with E-state index in [0.717, 1.165) is 25.9 Å². The summed E-state index contributed by atoms with van der Waals surface area (Å²) in [7, 11) is 0. The summed E-state index contributed by atoms with van der Waals surface area (Å²) in [5, 5.41) is 18.4. The zero-order chi connectivity index (χ0) is 15.4. The Morgan fingerprint density at radius 2 is 1.90 bits per heavy atom.